The van der Waals surface area contributed by atoms with Gasteiger partial charge in [0, 0.05) is 12.6 Å². The predicted octanol–water partition coefficient (Wildman–Crippen LogP) is 4.19. The van der Waals surface area contributed by atoms with E-state index >= 15 is 0 Å². The van der Waals surface area contributed by atoms with Crippen LogP contribution in [0.2, 0.25) is 10.0 Å². The summed E-state index contributed by atoms with van der Waals surface area (Å²) in [6.45, 7) is 6.06. The fourth-order valence-corrected chi connectivity index (χ4v) is 2.17. The van der Waals surface area contributed by atoms with Crippen LogP contribution in [0.3, 0.4) is 0 Å². The molecule has 0 heterocycles. The Balaban J connectivity index is 2.73. The minimum atomic E-state index is -0.344. The zero-order valence-corrected chi connectivity index (χ0v) is 14.4. The molecule has 0 spiro atoms. The minimum absolute atomic E-state index is 0.0765. The van der Waals surface area contributed by atoms with Crippen molar-refractivity contribution in [1.29, 1.82) is 0 Å². The first-order valence-corrected chi connectivity index (χ1v) is 7.79. The number of carbonyl (C=O) groups is 2. The van der Waals surface area contributed by atoms with Crippen LogP contribution in [0.5, 0.6) is 0 Å². The molecule has 0 atom stereocenters. The highest BCUT2D eigenvalue weighted by atomic mass is 35.5. The number of amides is 2. The number of carbonyl (C=O) groups excluding carboxylic acids is 2. The molecular weight excluding hydrogens is 327 g/mol. The number of ether oxygens (including phenoxy) is 1. The number of halogens is 2. The molecule has 1 aromatic rings. The van der Waals surface area contributed by atoms with Gasteiger partial charge in [-0.2, -0.15) is 0 Å². The van der Waals surface area contributed by atoms with Crippen LogP contribution >= 0.6 is 23.2 Å². The number of nitrogens with zero attached hydrogens (tertiary/aromatic N) is 1. The summed E-state index contributed by atoms with van der Waals surface area (Å²) in [5.74, 6) is -0.332. The van der Waals surface area contributed by atoms with Crippen molar-refractivity contribution in [2.45, 2.75) is 33.2 Å². The van der Waals surface area contributed by atoms with Crippen molar-refractivity contribution in [1.82, 2.24) is 4.90 Å². The molecule has 7 heteroatoms. The van der Waals surface area contributed by atoms with Gasteiger partial charge in [0.05, 0.1) is 28.8 Å². The van der Waals surface area contributed by atoms with Gasteiger partial charge < -0.3 is 15.0 Å². The third kappa shape index (κ3) is 5.39. The SMILES string of the molecule is CCOC(=O)CCN(C(=O)Nc1cccc(Cl)c1Cl)C(C)C. The molecule has 22 heavy (non-hydrogen) atoms. The molecule has 0 saturated heterocycles. The van der Waals surface area contributed by atoms with E-state index in [2.05, 4.69) is 5.32 Å². The number of esters is 1. The van der Waals surface area contributed by atoms with Crippen LogP contribution in [0.1, 0.15) is 27.2 Å². The second kappa shape index (κ2) is 8.86. The number of benzene rings is 1. The molecule has 122 valence electrons. The second-order valence-corrected chi connectivity index (χ2v) is 5.66. The molecule has 0 unspecified atom stereocenters. The number of nitrogens with one attached hydrogen (secondary N) is 1. The Hall–Kier alpha value is -1.46. The summed E-state index contributed by atoms with van der Waals surface area (Å²) in [6, 6.07) is 4.58. The lowest BCUT2D eigenvalue weighted by atomic mass is 10.3. The van der Waals surface area contributed by atoms with E-state index in [1.54, 1.807) is 25.1 Å². The molecular formula is C15H20Cl2N2O3. The van der Waals surface area contributed by atoms with E-state index in [-0.39, 0.29) is 36.0 Å². The molecule has 1 N–H and O–H groups in total. The largest absolute Gasteiger partial charge is 0.466 e. The summed E-state index contributed by atoms with van der Waals surface area (Å²) < 4.78 is 4.87. The third-order valence-corrected chi connectivity index (χ3v) is 3.76. The molecule has 0 radical (unpaired) electrons. The van der Waals surface area contributed by atoms with Gasteiger partial charge >= 0.3 is 12.0 Å². The number of hydrogen-bond donors (Lipinski definition) is 1. The van der Waals surface area contributed by atoms with Gasteiger partial charge in [-0.3, -0.25) is 4.79 Å². The van der Waals surface area contributed by atoms with E-state index in [0.29, 0.717) is 17.3 Å². The molecule has 5 nitrogen and oxygen atoms in total. The summed E-state index contributed by atoms with van der Waals surface area (Å²) in [7, 11) is 0. The number of rotatable bonds is 6. The molecule has 0 bridgehead atoms. The average Bonchev–Trinajstić information content (AvgIpc) is 2.44. The lowest BCUT2D eigenvalue weighted by Crippen LogP contribution is -2.41. The maximum atomic E-state index is 12.3. The highest BCUT2D eigenvalue weighted by Crippen LogP contribution is 2.29. The lowest BCUT2D eigenvalue weighted by Gasteiger charge is -2.26. The fourth-order valence-electron chi connectivity index (χ4n) is 1.83. The third-order valence-electron chi connectivity index (χ3n) is 2.94. The first-order chi connectivity index (χ1) is 10.4. The lowest BCUT2D eigenvalue weighted by molar-refractivity contribution is -0.143. The first kappa shape index (κ1) is 18.6. The zero-order valence-electron chi connectivity index (χ0n) is 12.9. The van der Waals surface area contributed by atoms with Crippen molar-refractivity contribution in [2.75, 3.05) is 18.5 Å². The van der Waals surface area contributed by atoms with Crippen molar-refractivity contribution in [3.8, 4) is 0 Å². The molecule has 0 aliphatic carbocycles. The van der Waals surface area contributed by atoms with Crippen LogP contribution in [0.15, 0.2) is 18.2 Å². The van der Waals surface area contributed by atoms with Crippen molar-refractivity contribution in [2.24, 2.45) is 0 Å². The van der Waals surface area contributed by atoms with Crippen LogP contribution < -0.4 is 5.32 Å². The maximum absolute atomic E-state index is 12.3. The van der Waals surface area contributed by atoms with Crippen LogP contribution in [-0.4, -0.2) is 36.1 Å². The summed E-state index contributed by atoms with van der Waals surface area (Å²) >= 11 is 12.0. The minimum Gasteiger partial charge on any atom is -0.466 e. The Morgan fingerprint density at radius 2 is 2.00 bits per heavy atom. The van der Waals surface area contributed by atoms with E-state index in [9.17, 15) is 9.59 Å². The predicted molar refractivity (Wildman–Crippen MR) is 88.6 cm³/mol. The molecule has 0 aromatic heterocycles. The summed E-state index contributed by atoms with van der Waals surface area (Å²) in [5.41, 5.74) is 0.431. The van der Waals surface area contributed by atoms with Crippen molar-refractivity contribution in [3.63, 3.8) is 0 Å². The molecule has 2 amide bonds. The summed E-state index contributed by atoms with van der Waals surface area (Å²) in [4.78, 5) is 25.3. The van der Waals surface area contributed by atoms with Gasteiger partial charge in [-0.1, -0.05) is 29.3 Å². The quantitative estimate of drug-likeness (QED) is 0.785. The highest BCUT2D eigenvalue weighted by Gasteiger charge is 2.19. The van der Waals surface area contributed by atoms with E-state index < -0.39 is 0 Å². The second-order valence-electron chi connectivity index (χ2n) is 4.87. The fraction of sp³-hybridized carbons (Fsp3) is 0.467. The Bertz CT molecular complexity index is 536. The number of urea groups is 1. The van der Waals surface area contributed by atoms with Gasteiger partial charge in [-0.25, -0.2) is 4.79 Å². The van der Waals surface area contributed by atoms with Gasteiger partial charge in [0.15, 0.2) is 0 Å². The highest BCUT2D eigenvalue weighted by molar-refractivity contribution is 6.43. The van der Waals surface area contributed by atoms with Gasteiger partial charge in [0.1, 0.15) is 0 Å². The Kier molecular flexibility index (Phi) is 7.48. The van der Waals surface area contributed by atoms with Crippen LogP contribution in [0.25, 0.3) is 0 Å². The van der Waals surface area contributed by atoms with Crippen LogP contribution in [0.4, 0.5) is 10.5 Å². The van der Waals surface area contributed by atoms with Gasteiger partial charge in [0.2, 0.25) is 0 Å². The van der Waals surface area contributed by atoms with Gasteiger partial charge in [-0.05, 0) is 32.9 Å². The average molecular weight is 347 g/mol. The Labute approximate surface area is 140 Å². The summed E-state index contributed by atoms with van der Waals surface area (Å²) in [6.07, 6.45) is 0.142. The van der Waals surface area contributed by atoms with Crippen molar-refractivity contribution >= 4 is 40.9 Å². The summed E-state index contributed by atoms with van der Waals surface area (Å²) in [5, 5.41) is 3.35. The molecule has 0 fully saturated rings. The van der Waals surface area contributed by atoms with Crippen LogP contribution in [-0.2, 0) is 9.53 Å². The smallest absolute Gasteiger partial charge is 0.322 e. The van der Waals surface area contributed by atoms with E-state index in [4.69, 9.17) is 27.9 Å². The number of anilines is 1. The monoisotopic (exact) mass is 346 g/mol. The van der Waals surface area contributed by atoms with E-state index in [0.717, 1.165) is 0 Å². The molecule has 1 aromatic carbocycles. The number of hydrogen-bond acceptors (Lipinski definition) is 3. The maximum Gasteiger partial charge on any atom is 0.322 e. The van der Waals surface area contributed by atoms with Gasteiger partial charge in [-0.15, -0.1) is 0 Å². The van der Waals surface area contributed by atoms with Crippen LogP contribution in [0, 0.1) is 0 Å². The van der Waals surface area contributed by atoms with Crippen molar-refractivity contribution < 1.29 is 14.3 Å². The van der Waals surface area contributed by atoms with E-state index in [1.165, 1.54) is 4.90 Å². The zero-order chi connectivity index (χ0) is 16.7. The Morgan fingerprint density at radius 3 is 2.59 bits per heavy atom. The van der Waals surface area contributed by atoms with Gasteiger partial charge in [0.25, 0.3) is 0 Å². The van der Waals surface area contributed by atoms with Crippen molar-refractivity contribution in [3.05, 3.63) is 28.2 Å². The molecule has 0 saturated carbocycles. The molecule has 0 aliphatic rings. The first-order valence-electron chi connectivity index (χ1n) is 7.04. The Morgan fingerprint density at radius 1 is 1.32 bits per heavy atom. The molecule has 1 rings (SSSR count). The topological polar surface area (TPSA) is 58.6 Å². The van der Waals surface area contributed by atoms with E-state index in [1.807, 2.05) is 13.8 Å². The normalized spacial score (nSPS) is 10.5. The molecule has 0 aliphatic heterocycles. The standard InChI is InChI=1S/C15H20Cl2N2O3/c1-4-22-13(20)8-9-19(10(2)3)15(21)18-12-7-5-6-11(16)14(12)17/h5-7,10H,4,8-9H2,1-3H3,(H,18,21).